The van der Waals surface area contributed by atoms with Crippen LogP contribution in [0.25, 0.3) is 5.57 Å². The third-order valence-electron chi connectivity index (χ3n) is 4.71. The SMILES string of the molecule is CC(=O)NCC/C=C(/c1ccc(S(C)(=O)=O)cc1)c1ccc(C2CC2)c(=O)[nH]1. The molecule has 1 fully saturated rings. The van der Waals surface area contributed by atoms with E-state index < -0.39 is 9.84 Å². The lowest BCUT2D eigenvalue weighted by Gasteiger charge is -2.11. The predicted octanol–water partition coefficient (Wildman–Crippen LogP) is 2.61. The summed E-state index contributed by atoms with van der Waals surface area (Å²) in [6, 6.07) is 10.3. The first kappa shape index (κ1) is 20.1. The summed E-state index contributed by atoms with van der Waals surface area (Å²) in [4.78, 5) is 26.7. The number of carbonyl (C=O) groups is 1. The molecule has 1 aliphatic carbocycles. The van der Waals surface area contributed by atoms with Gasteiger partial charge in [-0.3, -0.25) is 9.59 Å². The molecule has 148 valence electrons. The first-order chi connectivity index (χ1) is 13.3. The van der Waals surface area contributed by atoms with Crippen LogP contribution in [0.15, 0.2) is 52.2 Å². The van der Waals surface area contributed by atoms with E-state index in [1.807, 2.05) is 18.2 Å². The van der Waals surface area contributed by atoms with Crippen molar-refractivity contribution in [2.24, 2.45) is 0 Å². The largest absolute Gasteiger partial charge is 0.356 e. The number of hydrogen-bond donors (Lipinski definition) is 2. The number of aromatic nitrogens is 1. The summed E-state index contributed by atoms with van der Waals surface area (Å²) in [6.45, 7) is 1.94. The smallest absolute Gasteiger partial charge is 0.251 e. The molecule has 6 nitrogen and oxygen atoms in total. The Bertz CT molecular complexity index is 1060. The average Bonchev–Trinajstić information content (AvgIpc) is 3.46. The molecule has 7 heteroatoms. The molecule has 0 radical (unpaired) electrons. The number of sulfone groups is 1. The van der Waals surface area contributed by atoms with Crippen LogP contribution in [0.5, 0.6) is 0 Å². The molecule has 3 rings (SSSR count). The summed E-state index contributed by atoms with van der Waals surface area (Å²) in [6.07, 6.45) is 5.78. The second-order valence-electron chi connectivity index (χ2n) is 7.12. The van der Waals surface area contributed by atoms with Gasteiger partial charge in [0.2, 0.25) is 5.91 Å². The zero-order chi connectivity index (χ0) is 20.3. The van der Waals surface area contributed by atoms with Crippen molar-refractivity contribution in [3.05, 3.63) is 69.6 Å². The molecule has 0 unspecified atom stereocenters. The van der Waals surface area contributed by atoms with E-state index >= 15 is 0 Å². The number of benzene rings is 1. The third-order valence-corrected chi connectivity index (χ3v) is 5.84. The standard InChI is InChI=1S/C21H24N2O4S/c1-14(24)22-13-3-4-18(15-7-9-17(10-8-15)28(2,26)27)20-12-11-19(16-5-6-16)21(25)23-20/h4,7-12,16H,3,5-6,13H2,1-2H3,(H,22,24)(H,23,25)/b18-4-. The number of pyridine rings is 1. The zero-order valence-electron chi connectivity index (χ0n) is 16.0. The Morgan fingerprint density at radius 3 is 2.39 bits per heavy atom. The van der Waals surface area contributed by atoms with E-state index in [2.05, 4.69) is 10.3 Å². The van der Waals surface area contributed by atoms with Crippen molar-refractivity contribution in [3.63, 3.8) is 0 Å². The fraction of sp³-hybridized carbons (Fsp3) is 0.333. The van der Waals surface area contributed by atoms with Crippen molar-refractivity contribution in [2.75, 3.05) is 12.8 Å². The zero-order valence-corrected chi connectivity index (χ0v) is 16.8. The van der Waals surface area contributed by atoms with Crippen molar-refractivity contribution in [2.45, 2.75) is 37.0 Å². The summed E-state index contributed by atoms with van der Waals surface area (Å²) in [5.74, 6) is 0.258. The molecule has 1 aromatic heterocycles. The van der Waals surface area contributed by atoms with Crippen LogP contribution >= 0.6 is 0 Å². The monoisotopic (exact) mass is 400 g/mol. The molecule has 2 aromatic rings. The molecule has 1 aromatic carbocycles. The molecule has 0 saturated heterocycles. The van der Waals surface area contributed by atoms with E-state index in [-0.39, 0.29) is 16.4 Å². The van der Waals surface area contributed by atoms with Gasteiger partial charge < -0.3 is 10.3 Å². The van der Waals surface area contributed by atoms with Crippen LogP contribution in [0, 0.1) is 0 Å². The molecule has 28 heavy (non-hydrogen) atoms. The van der Waals surface area contributed by atoms with Gasteiger partial charge in [0, 0.05) is 36.6 Å². The van der Waals surface area contributed by atoms with Crippen LogP contribution in [0.2, 0.25) is 0 Å². The highest BCUT2D eigenvalue weighted by atomic mass is 32.2. The van der Waals surface area contributed by atoms with Gasteiger partial charge in [-0.15, -0.1) is 0 Å². The van der Waals surface area contributed by atoms with Crippen LogP contribution in [-0.2, 0) is 14.6 Å². The van der Waals surface area contributed by atoms with Gasteiger partial charge in [-0.05, 0) is 48.9 Å². The highest BCUT2D eigenvalue weighted by Crippen LogP contribution is 2.38. The Labute approximate surface area is 164 Å². The summed E-state index contributed by atoms with van der Waals surface area (Å²) in [5.41, 5.74) is 2.99. The Morgan fingerprint density at radius 2 is 1.86 bits per heavy atom. The molecule has 0 atom stereocenters. The second kappa shape index (κ2) is 8.14. The van der Waals surface area contributed by atoms with E-state index in [1.54, 1.807) is 24.3 Å². The number of rotatable bonds is 7. The van der Waals surface area contributed by atoms with Crippen LogP contribution in [0.3, 0.4) is 0 Å². The first-order valence-corrected chi connectivity index (χ1v) is 11.1. The lowest BCUT2D eigenvalue weighted by atomic mass is 10.00. The van der Waals surface area contributed by atoms with Crippen LogP contribution in [-0.4, -0.2) is 32.1 Å². The number of aromatic amines is 1. The number of carbonyl (C=O) groups excluding carboxylic acids is 1. The van der Waals surface area contributed by atoms with Gasteiger partial charge in [0.25, 0.3) is 5.56 Å². The van der Waals surface area contributed by atoms with E-state index in [0.717, 1.165) is 29.5 Å². The molecule has 0 bridgehead atoms. The minimum absolute atomic E-state index is 0.0829. The summed E-state index contributed by atoms with van der Waals surface area (Å²) in [7, 11) is -3.28. The number of hydrogen-bond acceptors (Lipinski definition) is 4. The lowest BCUT2D eigenvalue weighted by Crippen LogP contribution is -2.20. The van der Waals surface area contributed by atoms with Gasteiger partial charge in [0.05, 0.1) is 4.90 Å². The highest BCUT2D eigenvalue weighted by Gasteiger charge is 2.26. The highest BCUT2D eigenvalue weighted by molar-refractivity contribution is 7.90. The maximum Gasteiger partial charge on any atom is 0.251 e. The molecule has 0 spiro atoms. The van der Waals surface area contributed by atoms with Crippen molar-refractivity contribution < 1.29 is 13.2 Å². The Morgan fingerprint density at radius 1 is 1.18 bits per heavy atom. The van der Waals surface area contributed by atoms with Gasteiger partial charge in [0.1, 0.15) is 0 Å². The van der Waals surface area contributed by atoms with Gasteiger partial charge >= 0.3 is 0 Å². The normalized spacial score (nSPS) is 14.7. The van der Waals surface area contributed by atoms with Crippen molar-refractivity contribution in [3.8, 4) is 0 Å². The summed E-state index contributed by atoms with van der Waals surface area (Å²) >= 11 is 0. The quantitative estimate of drug-likeness (QED) is 0.698. The predicted molar refractivity (Wildman–Crippen MR) is 109 cm³/mol. The number of H-pyrrole nitrogens is 1. The van der Waals surface area contributed by atoms with Gasteiger partial charge in [-0.2, -0.15) is 0 Å². The molecule has 2 N–H and O–H groups in total. The number of nitrogens with one attached hydrogen (secondary N) is 2. The van der Waals surface area contributed by atoms with Crippen molar-refractivity contribution in [1.29, 1.82) is 0 Å². The van der Waals surface area contributed by atoms with E-state index in [1.165, 1.54) is 13.2 Å². The topological polar surface area (TPSA) is 96.1 Å². The molecule has 1 amide bonds. The average molecular weight is 401 g/mol. The van der Waals surface area contributed by atoms with E-state index in [9.17, 15) is 18.0 Å². The van der Waals surface area contributed by atoms with Crippen LogP contribution in [0.1, 0.15) is 48.9 Å². The maximum absolute atomic E-state index is 12.4. The van der Waals surface area contributed by atoms with Gasteiger partial charge in [-0.1, -0.05) is 24.3 Å². The van der Waals surface area contributed by atoms with Crippen molar-refractivity contribution >= 4 is 21.3 Å². The Kier molecular flexibility index (Phi) is 5.84. The molecular weight excluding hydrogens is 376 g/mol. The molecule has 1 aliphatic rings. The first-order valence-electron chi connectivity index (χ1n) is 9.24. The fourth-order valence-corrected chi connectivity index (χ4v) is 3.72. The Hall–Kier alpha value is -2.67. The lowest BCUT2D eigenvalue weighted by molar-refractivity contribution is -0.118. The Balaban J connectivity index is 1.95. The molecule has 0 aliphatic heterocycles. The molecule has 1 heterocycles. The van der Waals surface area contributed by atoms with E-state index in [0.29, 0.717) is 24.6 Å². The van der Waals surface area contributed by atoms with Gasteiger partial charge in [0.15, 0.2) is 9.84 Å². The van der Waals surface area contributed by atoms with E-state index in [4.69, 9.17) is 0 Å². The minimum Gasteiger partial charge on any atom is -0.356 e. The fourth-order valence-electron chi connectivity index (χ4n) is 3.09. The maximum atomic E-state index is 12.4. The van der Waals surface area contributed by atoms with Crippen LogP contribution < -0.4 is 10.9 Å². The second-order valence-corrected chi connectivity index (χ2v) is 9.13. The number of amides is 1. The van der Waals surface area contributed by atoms with Gasteiger partial charge in [-0.25, -0.2) is 8.42 Å². The molecular formula is C21H24N2O4S. The minimum atomic E-state index is -3.28. The summed E-state index contributed by atoms with van der Waals surface area (Å²) < 4.78 is 23.4. The molecule has 1 saturated carbocycles. The third kappa shape index (κ3) is 4.98. The van der Waals surface area contributed by atoms with Crippen molar-refractivity contribution in [1.82, 2.24) is 10.3 Å². The summed E-state index contributed by atoms with van der Waals surface area (Å²) in [5, 5.41) is 2.74. The van der Waals surface area contributed by atoms with Crippen LogP contribution in [0.4, 0.5) is 0 Å².